The lowest BCUT2D eigenvalue weighted by atomic mass is 9.98. The van der Waals surface area contributed by atoms with Gasteiger partial charge in [-0.3, -0.25) is 4.79 Å². The third-order valence-electron chi connectivity index (χ3n) is 6.65. The van der Waals surface area contributed by atoms with Crippen LogP contribution in [0.5, 0.6) is 0 Å². The summed E-state index contributed by atoms with van der Waals surface area (Å²) < 4.78 is 11.4. The Morgan fingerprint density at radius 1 is 0.968 bits per heavy atom. The van der Waals surface area contributed by atoms with Gasteiger partial charge in [0.15, 0.2) is 0 Å². The zero-order valence-electron chi connectivity index (χ0n) is 18.1. The standard InChI is InChI=1S/C26H25NO4/c1-15-17(3)30-23-13-24-22(12-21(15)23)16(2)20(26(29)31-24)8-9-25(28)27-11-10-18-6-4-5-7-19(18)14-27/h4-7,12-13H,8-11,14H2,1-3H3. The summed E-state index contributed by atoms with van der Waals surface area (Å²) in [4.78, 5) is 27.5. The third-order valence-corrected chi connectivity index (χ3v) is 6.65. The van der Waals surface area contributed by atoms with Crippen LogP contribution in [0.3, 0.4) is 0 Å². The van der Waals surface area contributed by atoms with E-state index in [-0.39, 0.29) is 11.5 Å². The molecule has 0 N–H and O–H groups in total. The Hall–Kier alpha value is -3.34. The number of aryl methyl sites for hydroxylation is 3. The van der Waals surface area contributed by atoms with Gasteiger partial charge in [0.1, 0.15) is 16.9 Å². The van der Waals surface area contributed by atoms with Crippen molar-refractivity contribution in [3.05, 3.63) is 80.4 Å². The van der Waals surface area contributed by atoms with Gasteiger partial charge in [-0.25, -0.2) is 4.79 Å². The zero-order chi connectivity index (χ0) is 21.7. The van der Waals surface area contributed by atoms with E-state index in [1.807, 2.05) is 43.9 Å². The van der Waals surface area contributed by atoms with Gasteiger partial charge < -0.3 is 13.7 Å². The Kier molecular flexibility index (Phi) is 4.69. The van der Waals surface area contributed by atoms with E-state index in [0.717, 1.165) is 46.2 Å². The van der Waals surface area contributed by atoms with Crippen LogP contribution >= 0.6 is 0 Å². The summed E-state index contributed by atoms with van der Waals surface area (Å²) in [6.07, 6.45) is 1.55. The number of carbonyl (C=O) groups excluding carboxylic acids is 1. The molecule has 0 aliphatic carbocycles. The van der Waals surface area contributed by atoms with Gasteiger partial charge in [0.2, 0.25) is 5.91 Å². The molecule has 0 radical (unpaired) electrons. The summed E-state index contributed by atoms with van der Waals surface area (Å²) in [5, 5.41) is 1.92. The van der Waals surface area contributed by atoms with E-state index in [9.17, 15) is 9.59 Å². The number of hydrogen-bond donors (Lipinski definition) is 0. The molecule has 0 saturated carbocycles. The number of furan rings is 1. The van der Waals surface area contributed by atoms with E-state index < -0.39 is 0 Å². The van der Waals surface area contributed by atoms with Crippen molar-refractivity contribution in [3.8, 4) is 0 Å². The minimum atomic E-state index is -0.374. The summed E-state index contributed by atoms with van der Waals surface area (Å²) in [6.45, 7) is 7.25. The average molecular weight is 415 g/mol. The highest BCUT2D eigenvalue weighted by molar-refractivity contribution is 5.96. The highest BCUT2D eigenvalue weighted by atomic mass is 16.4. The number of benzene rings is 2. The minimum Gasteiger partial charge on any atom is -0.461 e. The zero-order valence-corrected chi connectivity index (χ0v) is 18.1. The highest BCUT2D eigenvalue weighted by Gasteiger charge is 2.22. The smallest absolute Gasteiger partial charge is 0.339 e. The van der Waals surface area contributed by atoms with E-state index in [0.29, 0.717) is 30.5 Å². The molecule has 1 aliphatic heterocycles. The van der Waals surface area contributed by atoms with Crippen LogP contribution in [-0.4, -0.2) is 17.4 Å². The summed E-state index contributed by atoms with van der Waals surface area (Å²) in [5.74, 6) is 0.935. The SMILES string of the molecule is Cc1oc2cc3oc(=O)c(CCC(=O)N4CCc5ccccc5C4)c(C)c3cc2c1C. The topological polar surface area (TPSA) is 63.7 Å². The second-order valence-corrected chi connectivity index (χ2v) is 8.45. The van der Waals surface area contributed by atoms with Crippen LogP contribution in [0.4, 0.5) is 0 Å². The Bertz CT molecular complexity index is 1390. The van der Waals surface area contributed by atoms with Crippen molar-refractivity contribution < 1.29 is 13.6 Å². The van der Waals surface area contributed by atoms with Crippen LogP contribution in [-0.2, 0) is 24.2 Å². The molecule has 4 aromatic rings. The molecule has 0 saturated heterocycles. The summed E-state index contributed by atoms with van der Waals surface area (Å²) in [5.41, 5.74) is 5.93. The fourth-order valence-electron chi connectivity index (χ4n) is 4.61. The fraction of sp³-hybridized carbons (Fsp3) is 0.308. The van der Waals surface area contributed by atoms with Gasteiger partial charge >= 0.3 is 5.63 Å². The second kappa shape index (κ2) is 7.41. The van der Waals surface area contributed by atoms with Gasteiger partial charge in [0, 0.05) is 41.9 Å². The number of nitrogens with zero attached hydrogens (tertiary/aromatic N) is 1. The number of amides is 1. The van der Waals surface area contributed by atoms with Crippen LogP contribution in [0.15, 0.2) is 50.0 Å². The molecule has 0 unspecified atom stereocenters. The molecule has 158 valence electrons. The van der Waals surface area contributed by atoms with E-state index in [1.165, 1.54) is 11.1 Å². The molecule has 5 nitrogen and oxygen atoms in total. The Morgan fingerprint density at radius 3 is 2.48 bits per heavy atom. The van der Waals surface area contributed by atoms with Crippen LogP contribution in [0.1, 0.15) is 40.0 Å². The van der Waals surface area contributed by atoms with Crippen molar-refractivity contribution in [2.45, 2.75) is 46.6 Å². The lowest BCUT2D eigenvalue weighted by Gasteiger charge is -2.29. The summed E-state index contributed by atoms with van der Waals surface area (Å²) in [6, 6.07) is 12.1. The molecule has 0 bridgehead atoms. The van der Waals surface area contributed by atoms with E-state index in [2.05, 4.69) is 12.1 Å². The van der Waals surface area contributed by atoms with Crippen LogP contribution in [0.25, 0.3) is 21.9 Å². The third kappa shape index (κ3) is 3.34. The van der Waals surface area contributed by atoms with Gasteiger partial charge in [0.25, 0.3) is 0 Å². The second-order valence-electron chi connectivity index (χ2n) is 8.45. The molecule has 3 heterocycles. The number of hydrogen-bond acceptors (Lipinski definition) is 4. The van der Waals surface area contributed by atoms with Gasteiger partial charge in [-0.15, -0.1) is 0 Å². The van der Waals surface area contributed by atoms with Crippen LogP contribution in [0, 0.1) is 20.8 Å². The number of carbonyl (C=O) groups is 1. The van der Waals surface area contributed by atoms with Crippen LogP contribution in [0.2, 0.25) is 0 Å². The highest BCUT2D eigenvalue weighted by Crippen LogP contribution is 2.31. The lowest BCUT2D eigenvalue weighted by molar-refractivity contribution is -0.132. The normalized spacial score (nSPS) is 13.7. The van der Waals surface area contributed by atoms with Crippen molar-refractivity contribution in [1.29, 1.82) is 0 Å². The lowest BCUT2D eigenvalue weighted by Crippen LogP contribution is -2.36. The van der Waals surface area contributed by atoms with Crippen molar-refractivity contribution >= 4 is 27.8 Å². The molecule has 0 fully saturated rings. The molecule has 5 heteroatoms. The largest absolute Gasteiger partial charge is 0.461 e. The Balaban J connectivity index is 1.41. The van der Waals surface area contributed by atoms with Crippen molar-refractivity contribution in [2.75, 3.05) is 6.54 Å². The fourth-order valence-corrected chi connectivity index (χ4v) is 4.61. The van der Waals surface area contributed by atoms with Gasteiger partial charge in [0.05, 0.1) is 0 Å². The van der Waals surface area contributed by atoms with Crippen molar-refractivity contribution in [1.82, 2.24) is 4.90 Å². The van der Waals surface area contributed by atoms with E-state index >= 15 is 0 Å². The first-order valence-corrected chi connectivity index (χ1v) is 10.7. The predicted molar refractivity (Wildman–Crippen MR) is 120 cm³/mol. The first-order valence-electron chi connectivity index (χ1n) is 10.7. The molecule has 31 heavy (non-hydrogen) atoms. The maximum Gasteiger partial charge on any atom is 0.339 e. The van der Waals surface area contributed by atoms with Crippen molar-refractivity contribution in [2.24, 2.45) is 0 Å². The molecule has 0 spiro atoms. The molecule has 0 atom stereocenters. The Labute approximate surface area is 180 Å². The van der Waals surface area contributed by atoms with Gasteiger partial charge in [-0.05, 0) is 61.9 Å². The maximum atomic E-state index is 12.9. The molecular weight excluding hydrogens is 390 g/mol. The number of fused-ring (bicyclic) bond motifs is 3. The minimum absolute atomic E-state index is 0.0742. The predicted octanol–water partition coefficient (Wildman–Crippen LogP) is 4.98. The average Bonchev–Trinajstić information content (AvgIpc) is 3.04. The van der Waals surface area contributed by atoms with Gasteiger partial charge in [-0.2, -0.15) is 0 Å². The number of rotatable bonds is 3. The molecule has 2 aromatic carbocycles. The monoisotopic (exact) mass is 415 g/mol. The Morgan fingerprint density at radius 2 is 1.68 bits per heavy atom. The summed E-state index contributed by atoms with van der Waals surface area (Å²) in [7, 11) is 0. The first kappa shape index (κ1) is 19.6. The first-order chi connectivity index (χ1) is 14.9. The van der Waals surface area contributed by atoms with Crippen molar-refractivity contribution in [3.63, 3.8) is 0 Å². The maximum absolute atomic E-state index is 12.9. The van der Waals surface area contributed by atoms with E-state index in [1.54, 1.807) is 6.07 Å². The molecule has 2 aromatic heterocycles. The molecule has 5 rings (SSSR count). The van der Waals surface area contributed by atoms with E-state index in [4.69, 9.17) is 8.83 Å². The summed E-state index contributed by atoms with van der Waals surface area (Å²) >= 11 is 0. The molecule has 1 amide bonds. The quantitative estimate of drug-likeness (QED) is 0.443. The molecular formula is C26H25NO4. The van der Waals surface area contributed by atoms with Crippen LogP contribution < -0.4 is 5.63 Å². The van der Waals surface area contributed by atoms with Gasteiger partial charge in [-0.1, -0.05) is 24.3 Å². The molecule has 1 aliphatic rings.